The van der Waals surface area contributed by atoms with Crippen molar-refractivity contribution >= 4 is 33.3 Å². The van der Waals surface area contributed by atoms with E-state index in [1.165, 1.54) is 37.4 Å². The summed E-state index contributed by atoms with van der Waals surface area (Å²) in [5.41, 5.74) is 0.409. The third-order valence-corrected chi connectivity index (χ3v) is 5.40. The lowest BCUT2D eigenvalue weighted by Crippen LogP contribution is -2.26. The maximum absolute atomic E-state index is 13.0. The van der Waals surface area contributed by atoms with Gasteiger partial charge >= 0.3 is 5.97 Å². The Balaban J connectivity index is 2.35. The number of sulfonamides is 1. The molecule has 0 saturated heterocycles. The molecule has 0 atom stereocenters. The summed E-state index contributed by atoms with van der Waals surface area (Å²) in [6.07, 6.45) is 0. The van der Waals surface area contributed by atoms with E-state index in [4.69, 9.17) is 16.3 Å². The molecule has 0 aliphatic carbocycles. The minimum atomic E-state index is -3.88. The average Bonchev–Trinajstić information content (AvgIpc) is 2.54. The molecule has 0 fully saturated rings. The number of hydrogen-bond donors (Lipinski definition) is 0. The molecule has 0 amide bonds. The van der Waals surface area contributed by atoms with Crippen molar-refractivity contribution in [2.24, 2.45) is 0 Å². The Hall–Kier alpha value is -2.12. The quantitative estimate of drug-likeness (QED) is 0.755. The Morgan fingerprint density at radius 2 is 1.83 bits per heavy atom. The number of esters is 1. The first-order valence-electron chi connectivity index (χ1n) is 6.98. The molecule has 128 valence electrons. The van der Waals surface area contributed by atoms with E-state index in [1.807, 2.05) is 0 Å². The van der Waals surface area contributed by atoms with Crippen LogP contribution in [0.15, 0.2) is 47.4 Å². The predicted octanol–water partition coefficient (Wildman–Crippen LogP) is 3.48. The second-order valence-corrected chi connectivity index (χ2v) is 7.19. The molecule has 0 unspecified atom stereocenters. The molecule has 2 aromatic carbocycles. The molecule has 0 N–H and O–H groups in total. The fourth-order valence-corrected chi connectivity index (χ4v) is 3.42. The van der Waals surface area contributed by atoms with Crippen molar-refractivity contribution in [2.75, 3.05) is 18.0 Å². The van der Waals surface area contributed by atoms with Crippen molar-refractivity contribution in [3.63, 3.8) is 0 Å². The maximum Gasteiger partial charge on any atom is 0.339 e. The monoisotopic (exact) mass is 371 g/mol. The molecular formula is C16H15ClFNO4S. The lowest BCUT2D eigenvalue weighted by molar-refractivity contribution is 0.0526. The lowest BCUT2D eigenvalue weighted by Gasteiger charge is -2.20. The Labute approximate surface area is 144 Å². The summed E-state index contributed by atoms with van der Waals surface area (Å²) in [5, 5.41) is 0.0760. The second-order valence-electron chi connectivity index (χ2n) is 4.81. The van der Waals surface area contributed by atoms with E-state index in [-0.39, 0.29) is 27.8 Å². The predicted molar refractivity (Wildman–Crippen MR) is 89.4 cm³/mol. The van der Waals surface area contributed by atoms with E-state index < -0.39 is 21.8 Å². The number of halogens is 2. The molecule has 0 aliphatic rings. The van der Waals surface area contributed by atoms with Gasteiger partial charge in [0.2, 0.25) is 0 Å². The van der Waals surface area contributed by atoms with E-state index in [9.17, 15) is 17.6 Å². The van der Waals surface area contributed by atoms with E-state index >= 15 is 0 Å². The molecule has 0 heterocycles. The zero-order valence-electron chi connectivity index (χ0n) is 13.0. The van der Waals surface area contributed by atoms with Gasteiger partial charge in [0.25, 0.3) is 10.0 Å². The highest BCUT2D eigenvalue weighted by Crippen LogP contribution is 2.27. The molecule has 0 radical (unpaired) electrons. The maximum atomic E-state index is 13.0. The number of hydrogen-bond acceptors (Lipinski definition) is 4. The number of rotatable bonds is 5. The highest BCUT2D eigenvalue weighted by molar-refractivity contribution is 7.92. The van der Waals surface area contributed by atoms with Crippen molar-refractivity contribution in [3.8, 4) is 0 Å². The number of nitrogens with zero attached hydrogens (tertiary/aromatic N) is 1. The first-order chi connectivity index (χ1) is 11.3. The summed E-state index contributed by atoms with van der Waals surface area (Å²) in [5.74, 6) is -1.11. The van der Waals surface area contributed by atoms with Gasteiger partial charge in [-0.2, -0.15) is 0 Å². The Morgan fingerprint density at radius 3 is 2.38 bits per heavy atom. The molecule has 2 aromatic rings. The Morgan fingerprint density at radius 1 is 1.21 bits per heavy atom. The Bertz CT molecular complexity index is 853. The van der Waals surface area contributed by atoms with Gasteiger partial charge in [0, 0.05) is 7.05 Å². The first-order valence-corrected chi connectivity index (χ1v) is 8.80. The fraction of sp³-hybridized carbons (Fsp3) is 0.188. The zero-order chi connectivity index (χ0) is 17.9. The molecule has 0 bridgehead atoms. The van der Waals surface area contributed by atoms with Gasteiger partial charge in [-0.05, 0) is 49.4 Å². The minimum absolute atomic E-state index is 0.0583. The van der Waals surface area contributed by atoms with Gasteiger partial charge < -0.3 is 4.74 Å². The summed E-state index contributed by atoms with van der Waals surface area (Å²) in [6, 6.07) is 8.68. The highest BCUT2D eigenvalue weighted by atomic mass is 35.5. The van der Waals surface area contributed by atoms with E-state index in [0.29, 0.717) is 0 Å². The molecule has 5 nitrogen and oxygen atoms in total. The van der Waals surface area contributed by atoms with Crippen LogP contribution in [0.25, 0.3) is 0 Å². The van der Waals surface area contributed by atoms with Crippen LogP contribution >= 0.6 is 11.6 Å². The number of benzene rings is 2. The summed E-state index contributed by atoms with van der Waals surface area (Å²) < 4.78 is 43.9. The van der Waals surface area contributed by atoms with Crippen LogP contribution in [0, 0.1) is 5.82 Å². The summed E-state index contributed by atoms with van der Waals surface area (Å²) in [7, 11) is -2.54. The van der Waals surface area contributed by atoms with Gasteiger partial charge in [0.05, 0.1) is 27.8 Å². The van der Waals surface area contributed by atoms with Crippen molar-refractivity contribution < 1.29 is 22.3 Å². The van der Waals surface area contributed by atoms with Gasteiger partial charge in [-0.3, -0.25) is 4.31 Å². The molecule has 24 heavy (non-hydrogen) atoms. The van der Waals surface area contributed by atoms with Crippen molar-refractivity contribution in [1.82, 2.24) is 0 Å². The highest BCUT2D eigenvalue weighted by Gasteiger charge is 2.22. The molecule has 0 spiro atoms. The Kier molecular flexibility index (Phi) is 5.46. The van der Waals surface area contributed by atoms with Crippen LogP contribution < -0.4 is 4.31 Å². The summed E-state index contributed by atoms with van der Waals surface area (Å²) >= 11 is 6.05. The number of carbonyl (C=O) groups is 1. The molecule has 0 aromatic heterocycles. The van der Waals surface area contributed by atoms with Gasteiger partial charge in [-0.1, -0.05) is 11.6 Å². The van der Waals surface area contributed by atoms with Crippen LogP contribution in [0.4, 0.5) is 10.1 Å². The van der Waals surface area contributed by atoms with Gasteiger partial charge in [-0.25, -0.2) is 17.6 Å². The second kappa shape index (κ2) is 7.19. The third kappa shape index (κ3) is 3.68. The molecule has 0 saturated carbocycles. The third-order valence-electron chi connectivity index (χ3n) is 3.28. The lowest BCUT2D eigenvalue weighted by atomic mass is 10.2. The number of ether oxygens (including phenoxy) is 1. The van der Waals surface area contributed by atoms with Gasteiger partial charge in [-0.15, -0.1) is 0 Å². The number of anilines is 1. The van der Waals surface area contributed by atoms with Gasteiger partial charge in [0.15, 0.2) is 0 Å². The van der Waals surface area contributed by atoms with Crippen LogP contribution in [0.1, 0.15) is 17.3 Å². The van der Waals surface area contributed by atoms with E-state index in [0.717, 1.165) is 16.4 Å². The van der Waals surface area contributed by atoms with Crippen LogP contribution in [0.2, 0.25) is 5.02 Å². The molecule has 2 rings (SSSR count). The van der Waals surface area contributed by atoms with E-state index in [1.54, 1.807) is 6.92 Å². The zero-order valence-corrected chi connectivity index (χ0v) is 14.6. The molecular weight excluding hydrogens is 357 g/mol. The molecule has 8 heteroatoms. The topological polar surface area (TPSA) is 63.7 Å². The van der Waals surface area contributed by atoms with Crippen LogP contribution in [-0.4, -0.2) is 28.0 Å². The van der Waals surface area contributed by atoms with E-state index in [2.05, 4.69) is 0 Å². The first kappa shape index (κ1) is 18.2. The van der Waals surface area contributed by atoms with Crippen LogP contribution in [-0.2, 0) is 14.8 Å². The number of carbonyl (C=O) groups excluding carboxylic acids is 1. The fourth-order valence-electron chi connectivity index (χ4n) is 1.98. The van der Waals surface area contributed by atoms with Gasteiger partial charge in [0.1, 0.15) is 5.82 Å². The van der Waals surface area contributed by atoms with Crippen molar-refractivity contribution in [3.05, 3.63) is 58.9 Å². The van der Waals surface area contributed by atoms with Crippen LogP contribution in [0.5, 0.6) is 0 Å². The largest absolute Gasteiger partial charge is 0.462 e. The van der Waals surface area contributed by atoms with Crippen molar-refractivity contribution in [1.29, 1.82) is 0 Å². The van der Waals surface area contributed by atoms with Crippen molar-refractivity contribution in [2.45, 2.75) is 11.8 Å². The smallest absolute Gasteiger partial charge is 0.339 e. The van der Waals surface area contributed by atoms with Crippen LogP contribution in [0.3, 0.4) is 0 Å². The molecule has 0 aliphatic heterocycles. The normalized spacial score (nSPS) is 11.2. The standard InChI is InChI=1S/C16H15ClFNO4S/c1-3-23-16(20)14-9-6-12(10-15(14)17)19(2)24(21,22)13-7-4-11(18)5-8-13/h4-10H,3H2,1-2H3. The summed E-state index contributed by atoms with van der Waals surface area (Å²) in [6.45, 7) is 1.87. The SMILES string of the molecule is CCOC(=O)c1ccc(N(C)S(=O)(=O)c2ccc(F)cc2)cc1Cl. The minimum Gasteiger partial charge on any atom is -0.462 e. The average molecular weight is 372 g/mol. The summed E-state index contributed by atoms with van der Waals surface area (Å²) in [4.78, 5) is 11.7.